The SMILES string of the molecule is CC(C)NC(=O)c1ccccc1I. The molecule has 0 spiro atoms. The molecule has 0 aromatic heterocycles. The zero-order chi connectivity index (χ0) is 9.84. The van der Waals surface area contributed by atoms with Gasteiger partial charge in [0.2, 0.25) is 0 Å². The molecule has 0 bridgehead atoms. The van der Waals surface area contributed by atoms with Crippen molar-refractivity contribution in [3.63, 3.8) is 0 Å². The maximum Gasteiger partial charge on any atom is 0.252 e. The minimum Gasteiger partial charge on any atom is -0.350 e. The molecule has 0 saturated heterocycles. The molecule has 0 heterocycles. The number of halogens is 1. The summed E-state index contributed by atoms with van der Waals surface area (Å²) in [5, 5.41) is 2.86. The maximum absolute atomic E-state index is 11.6. The van der Waals surface area contributed by atoms with Crippen LogP contribution in [0.1, 0.15) is 24.2 Å². The summed E-state index contributed by atoms with van der Waals surface area (Å²) in [6.07, 6.45) is 0. The van der Waals surface area contributed by atoms with Crippen molar-refractivity contribution in [3.8, 4) is 0 Å². The van der Waals surface area contributed by atoms with Crippen molar-refractivity contribution in [3.05, 3.63) is 33.4 Å². The van der Waals surface area contributed by atoms with Crippen molar-refractivity contribution < 1.29 is 4.79 Å². The van der Waals surface area contributed by atoms with Crippen molar-refractivity contribution >= 4 is 28.5 Å². The fourth-order valence-electron chi connectivity index (χ4n) is 0.985. The van der Waals surface area contributed by atoms with Crippen molar-refractivity contribution in [2.24, 2.45) is 0 Å². The number of benzene rings is 1. The Morgan fingerprint density at radius 1 is 1.38 bits per heavy atom. The van der Waals surface area contributed by atoms with E-state index in [1.807, 2.05) is 38.1 Å². The van der Waals surface area contributed by atoms with Gasteiger partial charge in [-0.3, -0.25) is 4.79 Å². The van der Waals surface area contributed by atoms with E-state index in [1.54, 1.807) is 0 Å². The summed E-state index contributed by atoms with van der Waals surface area (Å²) in [6.45, 7) is 3.90. The van der Waals surface area contributed by atoms with Gasteiger partial charge in [0.15, 0.2) is 0 Å². The Hall–Kier alpha value is -0.580. The van der Waals surface area contributed by atoms with Gasteiger partial charge < -0.3 is 5.32 Å². The molecule has 0 aliphatic carbocycles. The second-order valence-electron chi connectivity index (χ2n) is 3.11. The van der Waals surface area contributed by atoms with Gasteiger partial charge in [0, 0.05) is 9.61 Å². The minimum atomic E-state index is 0.000000000000000222. The van der Waals surface area contributed by atoms with Gasteiger partial charge in [-0.25, -0.2) is 0 Å². The molecular weight excluding hydrogens is 277 g/mol. The van der Waals surface area contributed by atoms with Crippen LogP contribution in [0.25, 0.3) is 0 Å². The number of amides is 1. The van der Waals surface area contributed by atoms with Gasteiger partial charge in [-0.1, -0.05) is 12.1 Å². The fraction of sp³-hybridized carbons (Fsp3) is 0.300. The van der Waals surface area contributed by atoms with E-state index in [0.29, 0.717) is 0 Å². The largest absolute Gasteiger partial charge is 0.350 e. The standard InChI is InChI=1S/C10H12INO/c1-7(2)12-10(13)8-5-3-4-6-9(8)11/h3-7H,1-2H3,(H,12,13). The maximum atomic E-state index is 11.6. The van der Waals surface area contributed by atoms with Gasteiger partial charge in [-0.05, 0) is 48.6 Å². The summed E-state index contributed by atoms with van der Waals surface area (Å²) in [7, 11) is 0. The van der Waals surface area contributed by atoms with E-state index >= 15 is 0 Å². The first kappa shape index (κ1) is 10.5. The zero-order valence-electron chi connectivity index (χ0n) is 7.67. The summed E-state index contributed by atoms with van der Waals surface area (Å²) < 4.78 is 0.984. The van der Waals surface area contributed by atoms with Crippen molar-refractivity contribution in [1.82, 2.24) is 5.32 Å². The zero-order valence-corrected chi connectivity index (χ0v) is 9.83. The average molecular weight is 289 g/mol. The van der Waals surface area contributed by atoms with Crippen LogP contribution in [0, 0.1) is 3.57 Å². The Morgan fingerprint density at radius 2 is 2.00 bits per heavy atom. The number of hydrogen-bond acceptors (Lipinski definition) is 1. The average Bonchev–Trinajstić information content (AvgIpc) is 2.03. The molecule has 0 saturated carbocycles. The third-order valence-electron chi connectivity index (χ3n) is 1.54. The molecule has 0 aliphatic heterocycles. The third kappa shape index (κ3) is 2.99. The smallest absolute Gasteiger partial charge is 0.252 e. The van der Waals surface area contributed by atoms with Gasteiger partial charge in [0.05, 0.1) is 5.56 Å². The van der Waals surface area contributed by atoms with Gasteiger partial charge in [0.1, 0.15) is 0 Å². The minimum absolute atomic E-state index is 0.000000000000000222. The normalized spacial score (nSPS) is 10.2. The third-order valence-corrected chi connectivity index (χ3v) is 2.48. The number of carbonyl (C=O) groups excluding carboxylic acids is 1. The van der Waals surface area contributed by atoms with E-state index in [4.69, 9.17) is 0 Å². The van der Waals surface area contributed by atoms with E-state index in [0.717, 1.165) is 9.13 Å². The molecule has 3 heteroatoms. The molecule has 13 heavy (non-hydrogen) atoms. The highest BCUT2D eigenvalue weighted by molar-refractivity contribution is 14.1. The van der Waals surface area contributed by atoms with Crippen molar-refractivity contribution in [2.45, 2.75) is 19.9 Å². The van der Waals surface area contributed by atoms with Crippen LogP contribution in [0.15, 0.2) is 24.3 Å². The Labute approximate surface area is 91.9 Å². The van der Waals surface area contributed by atoms with Crippen LogP contribution in [0.4, 0.5) is 0 Å². The quantitative estimate of drug-likeness (QED) is 0.832. The predicted octanol–water partition coefficient (Wildman–Crippen LogP) is 2.43. The predicted molar refractivity (Wildman–Crippen MR) is 61.8 cm³/mol. The second-order valence-corrected chi connectivity index (χ2v) is 4.27. The molecule has 1 amide bonds. The van der Waals surface area contributed by atoms with Crippen molar-refractivity contribution in [2.75, 3.05) is 0 Å². The lowest BCUT2D eigenvalue weighted by Gasteiger charge is -2.08. The van der Waals surface area contributed by atoms with Crippen LogP contribution in [0.2, 0.25) is 0 Å². The molecule has 0 fully saturated rings. The second kappa shape index (κ2) is 4.60. The number of carbonyl (C=O) groups is 1. The lowest BCUT2D eigenvalue weighted by atomic mass is 10.2. The monoisotopic (exact) mass is 289 g/mol. The van der Waals surface area contributed by atoms with Gasteiger partial charge in [0.25, 0.3) is 5.91 Å². The molecule has 1 aromatic carbocycles. The summed E-state index contributed by atoms with van der Waals surface area (Å²) in [5.74, 6) is 0.000000000000000222. The lowest BCUT2D eigenvalue weighted by Crippen LogP contribution is -2.30. The fourth-order valence-corrected chi connectivity index (χ4v) is 1.62. The molecular formula is C10H12INO. The highest BCUT2D eigenvalue weighted by Gasteiger charge is 2.08. The van der Waals surface area contributed by atoms with Crippen LogP contribution in [0.3, 0.4) is 0 Å². The molecule has 0 radical (unpaired) electrons. The van der Waals surface area contributed by atoms with E-state index in [-0.39, 0.29) is 11.9 Å². The van der Waals surface area contributed by atoms with E-state index < -0.39 is 0 Å². The molecule has 2 nitrogen and oxygen atoms in total. The summed E-state index contributed by atoms with van der Waals surface area (Å²) in [4.78, 5) is 11.6. The van der Waals surface area contributed by atoms with Crippen molar-refractivity contribution in [1.29, 1.82) is 0 Å². The van der Waals surface area contributed by atoms with Crippen LogP contribution in [-0.4, -0.2) is 11.9 Å². The lowest BCUT2D eigenvalue weighted by molar-refractivity contribution is 0.0942. The molecule has 0 atom stereocenters. The van der Waals surface area contributed by atoms with E-state index in [2.05, 4.69) is 27.9 Å². The van der Waals surface area contributed by atoms with Crippen LogP contribution in [-0.2, 0) is 0 Å². The summed E-state index contributed by atoms with van der Waals surface area (Å²) >= 11 is 2.16. The summed E-state index contributed by atoms with van der Waals surface area (Å²) in [6, 6.07) is 7.74. The van der Waals surface area contributed by atoms with E-state index in [9.17, 15) is 4.79 Å². The highest BCUT2D eigenvalue weighted by Crippen LogP contribution is 2.11. The number of rotatable bonds is 2. The molecule has 1 aromatic rings. The molecule has 0 aliphatic rings. The van der Waals surface area contributed by atoms with Gasteiger partial charge in [-0.15, -0.1) is 0 Å². The molecule has 0 unspecified atom stereocenters. The number of nitrogens with one attached hydrogen (secondary N) is 1. The topological polar surface area (TPSA) is 29.1 Å². The summed E-state index contributed by atoms with van der Waals surface area (Å²) in [5.41, 5.74) is 0.747. The Kier molecular flexibility index (Phi) is 3.71. The molecule has 70 valence electrons. The first-order chi connectivity index (χ1) is 6.11. The Morgan fingerprint density at radius 3 is 2.54 bits per heavy atom. The first-order valence-corrected chi connectivity index (χ1v) is 5.24. The first-order valence-electron chi connectivity index (χ1n) is 4.16. The molecule has 1 rings (SSSR count). The van der Waals surface area contributed by atoms with Gasteiger partial charge in [-0.2, -0.15) is 0 Å². The Bertz CT molecular complexity index is 310. The Balaban J connectivity index is 2.83. The molecule has 1 N–H and O–H groups in total. The van der Waals surface area contributed by atoms with Crippen LogP contribution >= 0.6 is 22.6 Å². The van der Waals surface area contributed by atoms with Crippen LogP contribution in [0.5, 0.6) is 0 Å². The van der Waals surface area contributed by atoms with E-state index in [1.165, 1.54) is 0 Å². The van der Waals surface area contributed by atoms with Crippen LogP contribution < -0.4 is 5.32 Å². The number of hydrogen-bond donors (Lipinski definition) is 1. The highest BCUT2D eigenvalue weighted by atomic mass is 127. The van der Waals surface area contributed by atoms with Gasteiger partial charge >= 0.3 is 0 Å².